The number of hydrogen-bond acceptors (Lipinski definition) is 4. The van der Waals surface area contributed by atoms with Gasteiger partial charge in [-0.05, 0) is 69.1 Å². The van der Waals surface area contributed by atoms with Gasteiger partial charge in [-0.1, -0.05) is 61.4 Å². The summed E-state index contributed by atoms with van der Waals surface area (Å²) < 4.78 is 0. The fraction of sp³-hybridized carbons (Fsp3) is 0.400. The molecule has 0 radical (unpaired) electrons. The third-order valence-corrected chi connectivity index (χ3v) is 6.71. The number of carbonyl (C=O) groups is 2. The normalized spacial score (nSPS) is 15.9. The summed E-state index contributed by atoms with van der Waals surface area (Å²) in [6, 6.07) is 12.5. The van der Waals surface area contributed by atoms with Crippen molar-refractivity contribution < 1.29 is 9.59 Å². The molecule has 0 unspecified atom stereocenters. The smallest absolute Gasteiger partial charge is 0.196 e. The van der Waals surface area contributed by atoms with E-state index in [0.717, 1.165) is 27.9 Å². The number of Topliss-reactive ketones (excluding diaryl/α,β-unsaturated/α-hetero) is 2. The van der Waals surface area contributed by atoms with E-state index in [-0.39, 0.29) is 18.0 Å². The van der Waals surface area contributed by atoms with Gasteiger partial charge in [0.15, 0.2) is 11.6 Å². The summed E-state index contributed by atoms with van der Waals surface area (Å²) in [6.45, 7) is 2.58. The molecule has 34 heavy (non-hydrogen) atoms. The second-order valence-electron chi connectivity index (χ2n) is 9.75. The van der Waals surface area contributed by atoms with Crippen LogP contribution in [-0.2, 0) is 17.6 Å². The maximum atomic E-state index is 13.3. The van der Waals surface area contributed by atoms with Crippen molar-refractivity contribution in [3.05, 3.63) is 75.9 Å². The molecule has 0 spiro atoms. The molecule has 0 bridgehead atoms. The Balaban J connectivity index is 1.56. The van der Waals surface area contributed by atoms with Crippen LogP contribution < -0.4 is 5.32 Å². The number of anilines is 1. The number of nitrogens with zero attached hydrogens (tertiary/aromatic N) is 1. The van der Waals surface area contributed by atoms with Crippen LogP contribution >= 0.6 is 0 Å². The van der Waals surface area contributed by atoms with Crippen LogP contribution in [0.3, 0.4) is 0 Å². The van der Waals surface area contributed by atoms with Crippen molar-refractivity contribution >= 4 is 17.3 Å². The fourth-order valence-electron chi connectivity index (χ4n) is 4.88. The van der Waals surface area contributed by atoms with E-state index < -0.39 is 0 Å². The molecule has 0 amide bonds. The molecular weight excluding hydrogens is 420 g/mol. The van der Waals surface area contributed by atoms with Gasteiger partial charge in [-0.3, -0.25) is 14.5 Å². The van der Waals surface area contributed by atoms with Gasteiger partial charge in [0.2, 0.25) is 0 Å². The summed E-state index contributed by atoms with van der Waals surface area (Å²) in [4.78, 5) is 28.4. The van der Waals surface area contributed by atoms with Gasteiger partial charge in [0.25, 0.3) is 0 Å². The number of nitrogens with one attached hydrogen (secondary N) is 1. The lowest BCUT2D eigenvalue weighted by Gasteiger charge is -2.24. The zero-order chi connectivity index (χ0) is 24.1. The van der Waals surface area contributed by atoms with Crippen molar-refractivity contribution in [2.24, 2.45) is 0 Å². The standard InChI is InChI=1S/C30H34N2O2/c1-21-9-7-10-22-15-17-27(30(34)29(21)22)28(33)20-24-14-16-26(31-25-12-5-4-6-13-25)19-23(24)11-8-18-32(2)3/h7,9-10,14,16-17,19,25,31H,4-6,12-13,15,18,20H2,1-3H3. The fourth-order valence-corrected chi connectivity index (χ4v) is 4.88. The molecular formula is C30H34N2O2. The number of ketones is 2. The van der Waals surface area contributed by atoms with E-state index in [1.165, 1.54) is 32.1 Å². The molecule has 4 nitrogen and oxygen atoms in total. The highest BCUT2D eigenvalue weighted by molar-refractivity contribution is 6.28. The lowest BCUT2D eigenvalue weighted by molar-refractivity contribution is -0.114. The van der Waals surface area contributed by atoms with Crippen molar-refractivity contribution in [1.82, 2.24) is 4.90 Å². The molecule has 176 valence electrons. The van der Waals surface area contributed by atoms with E-state index in [0.29, 0.717) is 30.1 Å². The van der Waals surface area contributed by atoms with E-state index >= 15 is 0 Å². The van der Waals surface area contributed by atoms with E-state index in [4.69, 9.17) is 0 Å². The van der Waals surface area contributed by atoms with Gasteiger partial charge in [0.1, 0.15) is 0 Å². The Kier molecular flexibility index (Phi) is 7.65. The Morgan fingerprint density at radius 3 is 2.68 bits per heavy atom. The minimum absolute atomic E-state index is 0.137. The second kappa shape index (κ2) is 10.8. The summed E-state index contributed by atoms with van der Waals surface area (Å²) in [6.07, 6.45) is 8.83. The molecule has 0 atom stereocenters. The first-order chi connectivity index (χ1) is 16.4. The summed E-state index contributed by atoms with van der Waals surface area (Å²) >= 11 is 0. The third kappa shape index (κ3) is 5.66. The largest absolute Gasteiger partial charge is 0.382 e. The topological polar surface area (TPSA) is 49.4 Å². The van der Waals surface area contributed by atoms with Crippen LogP contribution in [0.2, 0.25) is 0 Å². The molecule has 2 aliphatic carbocycles. The van der Waals surface area contributed by atoms with Crippen LogP contribution in [0.1, 0.15) is 64.7 Å². The SMILES string of the molecule is Cc1cccc2c1C(=O)C(C(=O)Cc1ccc(NC3CCCCC3)cc1C#CCN(C)C)=CC2. The zero-order valence-corrected chi connectivity index (χ0v) is 20.5. The number of aryl methyl sites for hydroxylation is 1. The van der Waals surface area contributed by atoms with Crippen LogP contribution in [-0.4, -0.2) is 43.1 Å². The molecule has 2 aromatic rings. The maximum absolute atomic E-state index is 13.3. The third-order valence-electron chi connectivity index (χ3n) is 6.71. The highest BCUT2D eigenvalue weighted by Gasteiger charge is 2.27. The molecule has 2 aliphatic rings. The number of rotatable bonds is 6. The number of carbonyl (C=O) groups excluding carboxylic acids is 2. The van der Waals surface area contributed by atoms with Gasteiger partial charge in [0.05, 0.1) is 12.1 Å². The highest BCUT2D eigenvalue weighted by Crippen LogP contribution is 2.27. The zero-order valence-electron chi connectivity index (χ0n) is 20.5. The molecule has 0 aliphatic heterocycles. The van der Waals surface area contributed by atoms with Gasteiger partial charge in [0, 0.05) is 29.3 Å². The molecule has 4 rings (SSSR count). The minimum Gasteiger partial charge on any atom is -0.382 e. The second-order valence-corrected chi connectivity index (χ2v) is 9.75. The van der Waals surface area contributed by atoms with Crippen molar-refractivity contribution in [3.8, 4) is 11.8 Å². The minimum atomic E-state index is -0.153. The first-order valence-electron chi connectivity index (χ1n) is 12.3. The van der Waals surface area contributed by atoms with E-state index in [2.05, 4.69) is 23.2 Å². The number of allylic oxidation sites excluding steroid dienone is 2. The predicted molar refractivity (Wildman–Crippen MR) is 138 cm³/mol. The molecule has 0 heterocycles. The van der Waals surface area contributed by atoms with Gasteiger partial charge in [-0.15, -0.1) is 0 Å². The summed E-state index contributed by atoms with van der Waals surface area (Å²) in [5.41, 5.74) is 5.69. The molecule has 4 heteroatoms. The van der Waals surface area contributed by atoms with Crippen LogP contribution in [0.5, 0.6) is 0 Å². The predicted octanol–water partition coefficient (Wildman–Crippen LogP) is 5.13. The summed E-state index contributed by atoms with van der Waals surface area (Å²) in [5.74, 6) is 6.20. The van der Waals surface area contributed by atoms with Crippen LogP contribution in [0.15, 0.2) is 48.0 Å². The monoisotopic (exact) mass is 454 g/mol. The molecule has 0 aromatic heterocycles. The highest BCUT2D eigenvalue weighted by atomic mass is 16.1. The average Bonchev–Trinajstić information content (AvgIpc) is 2.81. The van der Waals surface area contributed by atoms with E-state index in [9.17, 15) is 9.59 Å². The lowest BCUT2D eigenvalue weighted by Crippen LogP contribution is -2.22. The Morgan fingerprint density at radius 1 is 1.12 bits per heavy atom. The number of benzene rings is 2. The van der Waals surface area contributed by atoms with Crippen molar-refractivity contribution in [3.63, 3.8) is 0 Å². The van der Waals surface area contributed by atoms with E-state index in [1.807, 2.05) is 56.3 Å². The molecule has 1 saturated carbocycles. The first kappa shape index (κ1) is 24.0. The molecule has 0 saturated heterocycles. The van der Waals surface area contributed by atoms with Gasteiger partial charge in [-0.2, -0.15) is 0 Å². The summed E-state index contributed by atoms with van der Waals surface area (Å²) in [5, 5.41) is 3.66. The molecule has 2 aromatic carbocycles. The Hall–Kier alpha value is -3.16. The van der Waals surface area contributed by atoms with Crippen LogP contribution in [0.4, 0.5) is 5.69 Å². The van der Waals surface area contributed by atoms with Crippen LogP contribution in [0, 0.1) is 18.8 Å². The quantitative estimate of drug-likeness (QED) is 0.486. The summed E-state index contributed by atoms with van der Waals surface area (Å²) in [7, 11) is 3.97. The van der Waals surface area contributed by atoms with E-state index in [1.54, 1.807) is 6.08 Å². The van der Waals surface area contributed by atoms with Crippen molar-refractivity contribution in [2.45, 2.75) is 57.9 Å². The van der Waals surface area contributed by atoms with Crippen molar-refractivity contribution in [1.29, 1.82) is 0 Å². The van der Waals surface area contributed by atoms with Crippen LogP contribution in [0.25, 0.3) is 0 Å². The van der Waals surface area contributed by atoms with Gasteiger partial charge in [-0.25, -0.2) is 0 Å². The lowest BCUT2D eigenvalue weighted by atomic mass is 9.84. The van der Waals surface area contributed by atoms with Gasteiger partial charge >= 0.3 is 0 Å². The number of fused-ring (bicyclic) bond motifs is 1. The Labute approximate surface area is 203 Å². The Bertz CT molecular complexity index is 1170. The van der Waals surface area contributed by atoms with Crippen molar-refractivity contribution in [2.75, 3.05) is 26.0 Å². The average molecular weight is 455 g/mol. The Morgan fingerprint density at radius 2 is 1.91 bits per heavy atom. The molecule has 1 fully saturated rings. The number of hydrogen-bond donors (Lipinski definition) is 1. The maximum Gasteiger partial charge on any atom is 0.196 e. The first-order valence-corrected chi connectivity index (χ1v) is 12.3. The molecule has 1 N–H and O–H groups in total. The van der Waals surface area contributed by atoms with Gasteiger partial charge < -0.3 is 5.32 Å².